The third-order valence-corrected chi connectivity index (χ3v) is 1.54. The average molecular weight is 138 g/mol. The summed E-state index contributed by atoms with van der Waals surface area (Å²) in [5.74, 6) is 0. The first kappa shape index (κ1) is 9.03. The fourth-order valence-electron chi connectivity index (χ4n) is 0.907. The monoisotopic (exact) mass is 138 g/mol. The highest BCUT2D eigenvalue weighted by Crippen LogP contribution is 2.00. The molecule has 56 valence electrons. The fraction of sp³-hybridized carbons (Fsp3) is 0.625. The predicted molar refractivity (Wildman–Crippen MR) is 42.3 cm³/mol. The third-order valence-electron chi connectivity index (χ3n) is 1.54. The third kappa shape index (κ3) is 2.54. The van der Waals surface area contributed by atoms with E-state index in [1.54, 1.807) is 6.08 Å². The van der Waals surface area contributed by atoms with E-state index in [0.29, 0.717) is 0 Å². The molecule has 2 nitrogen and oxygen atoms in total. The van der Waals surface area contributed by atoms with Crippen LogP contribution in [-0.4, -0.2) is 18.0 Å². The van der Waals surface area contributed by atoms with Gasteiger partial charge >= 0.3 is 0 Å². The molecule has 0 N–H and O–H groups in total. The topological polar surface area (TPSA) is 27.0 Å². The van der Waals surface area contributed by atoms with E-state index in [0.717, 1.165) is 18.8 Å². The van der Waals surface area contributed by atoms with Crippen molar-refractivity contribution in [2.24, 2.45) is 0 Å². The van der Waals surface area contributed by atoms with Gasteiger partial charge in [0.25, 0.3) is 0 Å². The number of hydrogen-bond acceptors (Lipinski definition) is 2. The zero-order valence-electron chi connectivity index (χ0n) is 6.89. The van der Waals surface area contributed by atoms with Crippen molar-refractivity contribution in [3.05, 3.63) is 11.8 Å². The van der Waals surface area contributed by atoms with Gasteiger partial charge in [-0.3, -0.25) is 0 Å². The molecule has 0 heterocycles. The number of nitriles is 1. The average Bonchev–Trinajstić information content (AvgIpc) is 1.91. The van der Waals surface area contributed by atoms with Crippen LogP contribution in [-0.2, 0) is 0 Å². The Morgan fingerprint density at radius 2 is 2.00 bits per heavy atom. The van der Waals surface area contributed by atoms with E-state index in [4.69, 9.17) is 5.26 Å². The van der Waals surface area contributed by atoms with Crippen LogP contribution in [0.2, 0.25) is 0 Å². The molecule has 10 heavy (non-hydrogen) atoms. The SMILES string of the molecule is CCN(CC)/C(C)=C\C#N. The lowest BCUT2D eigenvalue weighted by molar-refractivity contribution is 0.384. The zero-order valence-corrected chi connectivity index (χ0v) is 6.89. The van der Waals surface area contributed by atoms with Crippen LogP contribution < -0.4 is 0 Å². The Morgan fingerprint density at radius 3 is 2.30 bits per heavy atom. The first-order chi connectivity index (χ1) is 4.76. The molecule has 0 amide bonds. The van der Waals surface area contributed by atoms with Crippen molar-refractivity contribution in [3.8, 4) is 6.07 Å². The second-order valence-electron chi connectivity index (χ2n) is 2.09. The van der Waals surface area contributed by atoms with E-state index in [1.165, 1.54) is 0 Å². The Hall–Kier alpha value is -0.970. The molecule has 0 saturated carbocycles. The molecule has 0 spiro atoms. The van der Waals surface area contributed by atoms with E-state index in [2.05, 4.69) is 18.7 Å². The summed E-state index contributed by atoms with van der Waals surface area (Å²) in [5.41, 5.74) is 1.05. The Kier molecular flexibility index (Phi) is 4.39. The van der Waals surface area contributed by atoms with Crippen LogP contribution in [0, 0.1) is 11.3 Å². The van der Waals surface area contributed by atoms with Gasteiger partial charge in [-0.15, -0.1) is 0 Å². The summed E-state index contributed by atoms with van der Waals surface area (Å²) in [6, 6.07) is 2.01. The van der Waals surface area contributed by atoms with Crippen LogP contribution >= 0.6 is 0 Å². The second kappa shape index (κ2) is 4.87. The standard InChI is InChI=1S/C8H14N2/c1-4-10(5-2)8(3)6-7-9/h6H,4-5H2,1-3H3/b8-6-. The fourth-order valence-corrected chi connectivity index (χ4v) is 0.907. The maximum absolute atomic E-state index is 8.32. The molecule has 0 unspecified atom stereocenters. The van der Waals surface area contributed by atoms with Gasteiger partial charge in [0.05, 0.1) is 6.07 Å². The summed E-state index contributed by atoms with van der Waals surface area (Å²) >= 11 is 0. The van der Waals surface area contributed by atoms with Gasteiger partial charge in [-0.2, -0.15) is 5.26 Å². The summed E-state index contributed by atoms with van der Waals surface area (Å²) in [6.07, 6.45) is 1.58. The molecule has 0 aliphatic heterocycles. The van der Waals surface area contributed by atoms with Gasteiger partial charge in [0.15, 0.2) is 0 Å². The Labute approximate surface area is 62.8 Å². The van der Waals surface area contributed by atoms with Crippen molar-refractivity contribution in [1.29, 1.82) is 5.26 Å². The van der Waals surface area contributed by atoms with Crippen molar-refractivity contribution in [1.82, 2.24) is 4.90 Å². The quantitative estimate of drug-likeness (QED) is 0.555. The summed E-state index contributed by atoms with van der Waals surface area (Å²) in [4.78, 5) is 2.14. The highest BCUT2D eigenvalue weighted by Gasteiger charge is 1.96. The molecule has 0 atom stereocenters. The van der Waals surface area contributed by atoms with E-state index in [1.807, 2.05) is 13.0 Å². The molecule has 2 heteroatoms. The first-order valence-electron chi connectivity index (χ1n) is 3.57. The smallest absolute Gasteiger partial charge is 0.0930 e. The van der Waals surface area contributed by atoms with Gasteiger partial charge in [-0.25, -0.2) is 0 Å². The minimum absolute atomic E-state index is 0.973. The number of nitrogens with zero attached hydrogens (tertiary/aromatic N) is 2. The first-order valence-corrected chi connectivity index (χ1v) is 3.57. The molecule has 0 bridgehead atoms. The van der Waals surface area contributed by atoms with E-state index >= 15 is 0 Å². The number of rotatable bonds is 3. The van der Waals surface area contributed by atoms with E-state index < -0.39 is 0 Å². The van der Waals surface area contributed by atoms with E-state index in [9.17, 15) is 0 Å². The largest absolute Gasteiger partial charge is 0.375 e. The van der Waals surface area contributed by atoms with Crippen LogP contribution in [0.1, 0.15) is 20.8 Å². The van der Waals surface area contributed by atoms with Gasteiger partial charge in [-0.1, -0.05) is 0 Å². The molecule has 0 saturated heterocycles. The van der Waals surface area contributed by atoms with Crippen molar-refractivity contribution in [3.63, 3.8) is 0 Å². The zero-order chi connectivity index (χ0) is 7.98. The lowest BCUT2D eigenvalue weighted by Gasteiger charge is -2.20. The molecular weight excluding hydrogens is 124 g/mol. The molecule has 0 aliphatic rings. The molecule has 0 aromatic rings. The lowest BCUT2D eigenvalue weighted by Crippen LogP contribution is -2.20. The van der Waals surface area contributed by atoms with Crippen molar-refractivity contribution in [2.45, 2.75) is 20.8 Å². The minimum atomic E-state index is 0.973. The van der Waals surface area contributed by atoms with Gasteiger partial charge in [0.2, 0.25) is 0 Å². The maximum atomic E-state index is 8.32. The van der Waals surface area contributed by atoms with E-state index in [-0.39, 0.29) is 0 Å². The number of hydrogen-bond donors (Lipinski definition) is 0. The minimum Gasteiger partial charge on any atom is -0.375 e. The second-order valence-corrected chi connectivity index (χ2v) is 2.09. The Bertz CT molecular complexity index is 149. The Morgan fingerprint density at radius 1 is 1.50 bits per heavy atom. The van der Waals surface area contributed by atoms with Crippen LogP contribution in [0.3, 0.4) is 0 Å². The lowest BCUT2D eigenvalue weighted by atomic mass is 10.4. The maximum Gasteiger partial charge on any atom is 0.0930 e. The van der Waals surface area contributed by atoms with Crippen LogP contribution in [0.25, 0.3) is 0 Å². The van der Waals surface area contributed by atoms with Gasteiger partial charge in [0.1, 0.15) is 0 Å². The highest BCUT2D eigenvalue weighted by molar-refractivity contribution is 5.09. The summed E-state index contributed by atoms with van der Waals surface area (Å²) in [7, 11) is 0. The van der Waals surface area contributed by atoms with Gasteiger partial charge < -0.3 is 4.90 Å². The van der Waals surface area contributed by atoms with Crippen LogP contribution in [0.15, 0.2) is 11.8 Å². The predicted octanol–water partition coefficient (Wildman–Crippen LogP) is 1.76. The molecule has 0 aromatic heterocycles. The summed E-state index contributed by atoms with van der Waals surface area (Å²) in [5, 5.41) is 8.32. The van der Waals surface area contributed by atoms with Crippen LogP contribution in [0.4, 0.5) is 0 Å². The highest BCUT2D eigenvalue weighted by atomic mass is 15.1. The summed E-state index contributed by atoms with van der Waals surface area (Å²) in [6.45, 7) is 8.06. The summed E-state index contributed by atoms with van der Waals surface area (Å²) < 4.78 is 0. The molecular formula is C8H14N2. The molecule has 0 rings (SSSR count). The van der Waals surface area contributed by atoms with Crippen LogP contribution in [0.5, 0.6) is 0 Å². The normalized spacial score (nSPS) is 10.8. The van der Waals surface area contributed by atoms with Gasteiger partial charge in [0, 0.05) is 24.9 Å². The molecule has 0 aliphatic carbocycles. The molecule has 0 radical (unpaired) electrons. The van der Waals surface area contributed by atoms with Crippen molar-refractivity contribution >= 4 is 0 Å². The van der Waals surface area contributed by atoms with Gasteiger partial charge in [-0.05, 0) is 20.8 Å². The number of allylic oxidation sites excluding steroid dienone is 2. The molecule has 0 fully saturated rings. The Balaban J connectivity index is 4.04. The molecule has 0 aromatic carbocycles. The van der Waals surface area contributed by atoms with Crippen molar-refractivity contribution < 1.29 is 0 Å². The van der Waals surface area contributed by atoms with Crippen molar-refractivity contribution in [2.75, 3.05) is 13.1 Å².